The van der Waals surface area contributed by atoms with Gasteiger partial charge in [0, 0.05) is 37.8 Å². The summed E-state index contributed by atoms with van der Waals surface area (Å²) in [6.45, 7) is 4.51. The smallest absolute Gasteiger partial charge is 0.0515 e. The zero-order valence-corrected chi connectivity index (χ0v) is 10.7. The second kappa shape index (κ2) is 5.52. The number of hydrogen-bond donors (Lipinski definition) is 1. The first kappa shape index (κ1) is 12.4. The van der Waals surface area contributed by atoms with Crippen molar-refractivity contribution in [3.8, 4) is 0 Å². The van der Waals surface area contributed by atoms with E-state index in [1.54, 1.807) is 0 Å². The molecule has 3 heteroatoms. The van der Waals surface area contributed by atoms with Crippen molar-refractivity contribution >= 4 is 5.69 Å². The second-order valence-electron chi connectivity index (χ2n) is 4.87. The maximum absolute atomic E-state index is 5.92. The van der Waals surface area contributed by atoms with E-state index in [2.05, 4.69) is 43.1 Å². The van der Waals surface area contributed by atoms with Gasteiger partial charge in [0.2, 0.25) is 0 Å². The number of nitrogens with zero attached hydrogens (tertiary/aromatic N) is 1. The summed E-state index contributed by atoms with van der Waals surface area (Å²) in [5.74, 6) is 0.561. The maximum atomic E-state index is 5.92. The first-order valence-corrected chi connectivity index (χ1v) is 6.29. The monoisotopic (exact) mass is 234 g/mol. The average molecular weight is 234 g/mol. The highest BCUT2D eigenvalue weighted by molar-refractivity contribution is 5.48. The Hall–Kier alpha value is -1.06. The van der Waals surface area contributed by atoms with E-state index < -0.39 is 0 Å². The lowest BCUT2D eigenvalue weighted by Gasteiger charge is -2.33. The van der Waals surface area contributed by atoms with Crippen LogP contribution in [0.2, 0.25) is 0 Å². The van der Waals surface area contributed by atoms with E-state index in [1.165, 1.54) is 11.3 Å². The third-order valence-electron chi connectivity index (χ3n) is 3.69. The van der Waals surface area contributed by atoms with E-state index in [-0.39, 0.29) is 0 Å². The van der Waals surface area contributed by atoms with Crippen LogP contribution in [0, 0.1) is 12.8 Å². The lowest BCUT2D eigenvalue weighted by molar-refractivity contribution is 0.180. The molecule has 0 aliphatic carbocycles. The van der Waals surface area contributed by atoms with Crippen LogP contribution >= 0.6 is 0 Å². The number of benzene rings is 1. The Balaban J connectivity index is 2.10. The molecular weight excluding hydrogens is 212 g/mol. The molecule has 0 amide bonds. The number of rotatable bonds is 4. The summed E-state index contributed by atoms with van der Waals surface area (Å²) >= 11 is 0. The van der Waals surface area contributed by atoms with Gasteiger partial charge in [-0.25, -0.2) is 0 Å². The fourth-order valence-electron chi connectivity index (χ4n) is 2.49. The summed E-state index contributed by atoms with van der Waals surface area (Å²) in [6.07, 6.45) is 1.12. The average Bonchev–Trinajstić information content (AvgIpc) is 2.84. The summed E-state index contributed by atoms with van der Waals surface area (Å²) < 4.78 is 5.46. The minimum atomic E-state index is 0.375. The number of ether oxygens (including phenoxy) is 1. The van der Waals surface area contributed by atoms with Gasteiger partial charge in [0.15, 0.2) is 0 Å². The molecule has 3 nitrogen and oxygen atoms in total. The number of likely N-dealkylation sites (N-methyl/N-ethyl adjacent to an activating group) is 1. The highest BCUT2D eigenvalue weighted by Gasteiger charge is 2.27. The molecule has 1 heterocycles. The van der Waals surface area contributed by atoms with Crippen molar-refractivity contribution < 1.29 is 4.74 Å². The zero-order chi connectivity index (χ0) is 12.3. The van der Waals surface area contributed by atoms with Gasteiger partial charge >= 0.3 is 0 Å². The predicted octanol–water partition coefficient (Wildman–Crippen LogP) is 1.80. The molecule has 17 heavy (non-hydrogen) atoms. The van der Waals surface area contributed by atoms with Gasteiger partial charge in [-0.3, -0.25) is 0 Å². The Kier molecular flexibility index (Phi) is 4.02. The summed E-state index contributed by atoms with van der Waals surface area (Å²) in [4.78, 5) is 2.29. The van der Waals surface area contributed by atoms with Crippen LogP contribution in [-0.2, 0) is 4.74 Å². The van der Waals surface area contributed by atoms with E-state index in [9.17, 15) is 0 Å². The van der Waals surface area contributed by atoms with E-state index in [1.807, 2.05) is 0 Å². The molecule has 0 bridgehead atoms. The molecule has 2 N–H and O–H groups in total. The molecule has 2 rings (SSSR count). The van der Waals surface area contributed by atoms with Gasteiger partial charge in [0.05, 0.1) is 6.61 Å². The number of hydrogen-bond acceptors (Lipinski definition) is 3. The zero-order valence-electron chi connectivity index (χ0n) is 10.7. The van der Waals surface area contributed by atoms with E-state index >= 15 is 0 Å². The first-order valence-electron chi connectivity index (χ1n) is 6.29. The Morgan fingerprint density at radius 2 is 2.12 bits per heavy atom. The highest BCUT2D eigenvalue weighted by Crippen LogP contribution is 2.24. The van der Waals surface area contributed by atoms with Gasteiger partial charge in [0.1, 0.15) is 0 Å². The van der Waals surface area contributed by atoms with Crippen LogP contribution in [0.3, 0.4) is 0 Å². The van der Waals surface area contributed by atoms with Gasteiger partial charge in [0.25, 0.3) is 0 Å². The van der Waals surface area contributed by atoms with Crippen molar-refractivity contribution in [3.63, 3.8) is 0 Å². The molecule has 2 unspecified atom stereocenters. The second-order valence-corrected chi connectivity index (χ2v) is 4.87. The summed E-state index contributed by atoms with van der Waals surface area (Å²) in [5, 5.41) is 0. The highest BCUT2D eigenvalue weighted by atomic mass is 16.5. The molecule has 1 aliphatic rings. The molecule has 2 atom stereocenters. The van der Waals surface area contributed by atoms with Crippen molar-refractivity contribution in [3.05, 3.63) is 29.8 Å². The Morgan fingerprint density at radius 3 is 2.65 bits per heavy atom. The van der Waals surface area contributed by atoms with Crippen LogP contribution in [0.25, 0.3) is 0 Å². The summed E-state index contributed by atoms with van der Waals surface area (Å²) in [5.41, 5.74) is 8.45. The van der Waals surface area contributed by atoms with Gasteiger partial charge in [-0.1, -0.05) is 17.7 Å². The Bertz CT molecular complexity index is 344. The number of nitrogens with two attached hydrogens (primary N) is 1. The fourth-order valence-corrected chi connectivity index (χ4v) is 2.49. The number of anilines is 1. The minimum absolute atomic E-state index is 0.375. The van der Waals surface area contributed by atoms with Crippen molar-refractivity contribution in [2.45, 2.75) is 19.4 Å². The van der Waals surface area contributed by atoms with Gasteiger partial charge in [-0.2, -0.15) is 0 Å². The molecule has 1 aromatic rings. The van der Waals surface area contributed by atoms with E-state index in [0.29, 0.717) is 18.5 Å². The van der Waals surface area contributed by atoms with Crippen LogP contribution in [0.1, 0.15) is 12.0 Å². The normalized spacial score (nSPS) is 21.5. The van der Waals surface area contributed by atoms with Crippen molar-refractivity contribution in [1.29, 1.82) is 0 Å². The molecule has 1 aromatic carbocycles. The summed E-state index contributed by atoms with van der Waals surface area (Å²) in [6, 6.07) is 8.98. The van der Waals surface area contributed by atoms with E-state index in [0.717, 1.165) is 19.6 Å². The molecule has 0 saturated carbocycles. The third kappa shape index (κ3) is 2.79. The molecule has 1 fully saturated rings. The van der Waals surface area contributed by atoms with Crippen LogP contribution in [-0.4, -0.2) is 32.8 Å². The third-order valence-corrected chi connectivity index (χ3v) is 3.69. The number of aryl methyl sites for hydroxylation is 1. The lowest BCUT2D eigenvalue weighted by Crippen LogP contribution is -2.44. The lowest BCUT2D eigenvalue weighted by atomic mass is 9.97. The van der Waals surface area contributed by atoms with Crippen molar-refractivity contribution in [2.24, 2.45) is 11.7 Å². The van der Waals surface area contributed by atoms with Crippen molar-refractivity contribution in [1.82, 2.24) is 0 Å². The van der Waals surface area contributed by atoms with Crippen LogP contribution in [0.15, 0.2) is 24.3 Å². The van der Waals surface area contributed by atoms with Gasteiger partial charge in [-0.05, 0) is 25.5 Å². The van der Waals surface area contributed by atoms with Crippen LogP contribution < -0.4 is 10.6 Å². The molecule has 0 radical (unpaired) electrons. The fraction of sp³-hybridized carbons (Fsp3) is 0.571. The summed E-state index contributed by atoms with van der Waals surface area (Å²) in [7, 11) is 2.13. The largest absolute Gasteiger partial charge is 0.381 e. The van der Waals surface area contributed by atoms with Crippen LogP contribution in [0.4, 0.5) is 5.69 Å². The SMILES string of the molecule is Cc1ccc(N(C)C(CN)C2CCOC2)cc1. The minimum Gasteiger partial charge on any atom is -0.381 e. The molecule has 1 aliphatic heterocycles. The quantitative estimate of drug-likeness (QED) is 0.863. The molecule has 0 aromatic heterocycles. The first-order chi connectivity index (χ1) is 8.22. The Morgan fingerprint density at radius 1 is 1.41 bits per heavy atom. The molecule has 0 spiro atoms. The molecular formula is C14H22N2O. The van der Waals surface area contributed by atoms with Gasteiger partial charge < -0.3 is 15.4 Å². The Labute approximate surface area is 104 Å². The topological polar surface area (TPSA) is 38.5 Å². The maximum Gasteiger partial charge on any atom is 0.0515 e. The van der Waals surface area contributed by atoms with E-state index in [4.69, 9.17) is 10.5 Å². The van der Waals surface area contributed by atoms with Crippen molar-refractivity contribution in [2.75, 3.05) is 31.7 Å². The standard InChI is InChI=1S/C14H22N2O/c1-11-3-5-13(6-4-11)16(2)14(9-15)12-7-8-17-10-12/h3-6,12,14H,7-10,15H2,1-2H3. The molecule has 94 valence electrons. The molecule has 1 saturated heterocycles. The van der Waals surface area contributed by atoms with Crippen LogP contribution in [0.5, 0.6) is 0 Å². The van der Waals surface area contributed by atoms with Gasteiger partial charge in [-0.15, -0.1) is 0 Å². The predicted molar refractivity (Wildman–Crippen MR) is 71.4 cm³/mol.